The van der Waals surface area contributed by atoms with E-state index in [0.29, 0.717) is 19.1 Å². The van der Waals surface area contributed by atoms with Gasteiger partial charge in [-0.3, -0.25) is 4.79 Å². The van der Waals surface area contributed by atoms with Crippen LogP contribution in [0.25, 0.3) is 0 Å². The van der Waals surface area contributed by atoms with Gasteiger partial charge in [0.15, 0.2) is 0 Å². The van der Waals surface area contributed by atoms with E-state index in [1.165, 1.54) is 12.1 Å². The molecule has 0 aliphatic rings. The highest BCUT2D eigenvalue weighted by Gasteiger charge is 2.20. The first-order valence-corrected chi connectivity index (χ1v) is 7.37. The Kier molecular flexibility index (Phi) is 6.82. The number of hydrogen-bond acceptors (Lipinski definition) is 2. The number of ether oxygens (including phenoxy) is 1. The van der Waals surface area contributed by atoms with Gasteiger partial charge in [-0.05, 0) is 35.4 Å². The summed E-state index contributed by atoms with van der Waals surface area (Å²) in [6.45, 7) is 9.62. The number of amides is 1. The minimum atomic E-state index is -0.274. The van der Waals surface area contributed by atoms with E-state index in [0.717, 1.165) is 12.0 Å². The summed E-state index contributed by atoms with van der Waals surface area (Å²) in [6.07, 6.45) is 1.06. The van der Waals surface area contributed by atoms with E-state index in [9.17, 15) is 9.18 Å². The van der Waals surface area contributed by atoms with Gasteiger partial charge in [0.25, 0.3) is 0 Å². The van der Waals surface area contributed by atoms with Gasteiger partial charge in [0.05, 0.1) is 6.61 Å². The maximum Gasteiger partial charge on any atom is 0.246 e. The quantitative estimate of drug-likeness (QED) is 0.796. The maximum absolute atomic E-state index is 12.7. The molecular formula is C17H26FNO2. The predicted octanol–water partition coefficient (Wildman–Crippen LogP) is 3.53. The highest BCUT2D eigenvalue weighted by Crippen LogP contribution is 2.23. The number of rotatable bonds is 8. The maximum atomic E-state index is 12.7. The molecule has 1 rings (SSSR count). The fraction of sp³-hybridized carbons (Fsp3) is 0.588. The van der Waals surface area contributed by atoms with Crippen LogP contribution < -0.4 is 5.32 Å². The lowest BCUT2D eigenvalue weighted by atomic mass is 9.84. The highest BCUT2D eigenvalue weighted by atomic mass is 19.1. The van der Waals surface area contributed by atoms with Crippen LogP contribution in [0.2, 0.25) is 0 Å². The second-order valence-electron chi connectivity index (χ2n) is 6.66. The van der Waals surface area contributed by atoms with Crippen molar-refractivity contribution in [3.63, 3.8) is 0 Å². The number of nitrogens with one attached hydrogen (secondary N) is 1. The molecule has 0 unspecified atom stereocenters. The molecule has 0 bridgehead atoms. The van der Waals surface area contributed by atoms with Crippen molar-refractivity contribution in [2.24, 2.45) is 11.3 Å². The van der Waals surface area contributed by atoms with Crippen molar-refractivity contribution in [1.29, 1.82) is 0 Å². The number of carbonyl (C=O) groups excluding carboxylic acids is 1. The van der Waals surface area contributed by atoms with Gasteiger partial charge >= 0.3 is 0 Å². The van der Waals surface area contributed by atoms with E-state index in [2.05, 4.69) is 33.0 Å². The van der Waals surface area contributed by atoms with Gasteiger partial charge < -0.3 is 10.1 Å². The molecule has 0 saturated heterocycles. The van der Waals surface area contributed by atoms with Gasteiger partial charge in [-0.1, -0.05) is 39.8 Å². The van der Waals surface area contributed by atoms with Crippen molar-refractivity contribution < 1.29 is 13.9 Å². The summed E-state index contributed by atoms with van der Waals surface area (Å²) < 4.78 is 18.1. The largest absolute Gasteiger partial charge is 0.367 e. The van der Waals surface area contributed by atoms with Crippen LogP contribution in [0.5, 0.6) is 0 Å². The summed E-state index contributed by atoms with van der Waals surface area (Å²) in [5.74, 6) is 0.212. The van der Waals surface area contributed by atoms with E-state index >= 15 is 0 Å². The molecule has 0 aromatic heterocycles. The van der Waals surface area contributed by atoms with Crippen LogP contribution in [0.4, 0.5) is 4.39 Å². The third-order valence-corrected chi connectivity index (χ3v) is 3.14. The van der Waals surface area contributed by atoms with Crippen molar-refractivity contribution in [2.45, 2.75) is 40.7 Å². The van der Waals surface area contributed by atoms with Crippen molar-refractivity contribution in [1.82, 2.24) is 5.32 Å². The molecule has 1 aromatic rings. The Balaban J connectivity index is 2.23. The Bertz CT molecular complexity index is 441. The molecule has 1 amide bonds. The lowest BCUT2D eigenvalue weighted by molar-refractivity contribution is -0.126. The molecular weight excluding hydrogens is 269 g/mol. The highest BCUT2D eigenvalue weighted by molar-refractivity contribution is 5.77. The molecule has 0 radical (unpaired) electrons. The first-order chi connectivity index (χ1) is 9.78. The van der Waals surface area contributed by atoms with Crippen LogP contribution in [-0.4, -0.2) is 19.1 Å². The van der Waals surface area contributed by atoms with Crippen molar-refractivity contribution in [2.75, 3.05) is 13.2 Å². The first-order valence-electron chi connectivity index (χ1n) is 7.37. The van der Waals surface area contributed by atoms with Crippen LogP contribution >= 0.6 is 0 Å². The Morgan fingerprint density at radius 1 is 1.29 bits per heavy atom. The first kappa shape index (κ1) is 17.6. The number of benzene rings is 1. The van der Waals surface area contributed by atoms with Crippen LogP contribution in [0.15, 0.2) is 24.3 Å². The average Bonchev–Trinajstić information content (AvgIpc) is 2.37. The molecule has 4 heteroatoms. The molecule has 21 heavy (non-hydrogen) atoms. The summed E-state index contributed by atoms with van der Waals surface area (Å²) >= 11 is 0. The number of carbonyl (C=O) groups is 1. The Morgan fingerprint density at radius 2 is 1.90 bits per heavy atom. The third kappa shape index (κ3) is 7.81. The number of hydrogen-bond donors (Lipinski definition) is 1. The molecule has 3 nitrogen and oxygen atoms in total. The van der Waals surface area contributed by atoms with Crippen LogP contribution in [0.1, 0.15) is 39.7 Å². The van der Waals surface area contributed by atoms with Gasteiger partial charge in [-0.15, -0.1) is 0 Å². The van der Waals surface area contributed by atoms with Crippen molar-refractivity contribution in [3.8, 4) is 0 Å². The second kappa shape index (κ2) is 8.13. The molecule has 0 aliphatic carbocycles. The summed E-state index contributed by atoms with van der Waals surface area (Å²) in [5, 5.41) is 2.90. The van der Waals surface area contributed by atoms with Gasteiger partial charge in [0.2, 0.25) is 5.91 Å². The van der Waals surface area contributed by atoms with E-state index < -0.39 is 0 Å². The molecule has 118 valence electrons. The SMILES string of the molecule is CC(C)CC(C)(C)CNC(=O)COCc1ccc(F)cc1. The molecule has 0 fully saturated rings. The Hall–Kier alpha value is -1.42. The molecule has 0 saturated carbocycles. The third-order valence-electron chi connectivity index (χ3n) is 3.14. The van der Waals surface area contributed by atoms with Crippen LogP contribution in [-0.2, 0) is 16.1 Å². The predicted molar refractivity (Wildman–Crippen MR) is 82.3 cm³/mol. The molecule has 0 aliphatic heterocycles. The molecule has 0 atom stereocenters. The van der Waals surface area contributed by atoms with E-state index in [4.69, 9.17) is 4.74 Å². The summed E-state index contributed by atoms with van der Waals surface area (Å²) in [4.78, 5) is 11.7. The summed E-state index contributed by atoms with van der Waals surface area (Å²) in [6, 6.07) is 6.07. The van der Waals surface area contributed by atoms with Crippen molar-refractivity contribution in [3.05, 3.63) is 35.6 Å². The van der Waals surface area contributed by atoms with Gasteiger partial charge in [0, 0.05) is 6.54 Å². The number of halogens is 1. The van der Waals surface area contributed by atoms with Crippen LogP contribution in [0.3, 0.4) is 0 Å². The van der Waals surface area contributed by atoms with E-state index in [-0.39, 0.29) is 23.7 Å². The molecule has 1 N–H and O–H groups in total. The Labute approximate surface area is 126 Å². The van der Waals surface area contributed by atoms with Crippen LogP contribution in [0, 0.1) is 17.2 Å². The van der Waals surface area contributed by atoms with E-state index in [1.54, 1.807) is 12.1 Å². The molecule has 0 heterocycles. The fourth-order valence-electron chi connectivity index (χ4n) is 2.41. The van der Waals surface area contributed by atoms with Gasteiger partial charge in [-0.25, -0.2) is 4.39 Å². The lowest BCUT2D eigenvalue weighted by Crippen LogP contribution is -2.36. The van der Waals surface area contributed by atoms with Gasteiger partial charge in [-0.2, -0.15) is 0 Å². The summed E-state index contributed by atoms with van der Waals surface area (Å²) in [7, 11) is 0. The van der Waals surface area contributed by atoms with Gasteiger partial charge in [0.1, 0.15) is 12.4 Å². The monoisotopic (exact) mass is 295 g/mol. The van der Waals surface area contributed by atoms with Crippen molar-refractivity contribution >= 4 is 5.91 Å². The fourth-order valence-corrected chi connectivity index (χ4v) is 2.41. The Morgan fingerprint density at radius 3 is 2.48 bits per heavy atom. The zero-order valence-electron chi connectivity index (χ0n) is 13.4. The molecule has 1 aromatic carbocycles. The molecule has 0 spiro atoms. The minimum absolute atomic E-state index is 0.0230. The lowest BCUT2D eigenvalue weighted by Gasteiger charge is -2.26. The smallest absolute Gasteiger partial charge is 0.246 e. The zero-order valence-corrected chi connectivity index (χ0v) is 13.4. The minimum Gasteiger partial charge on any atom is -0.367 e. The summed E-state index contributed by atoms with van der Waals surface area (Å²) in [5.41, 5.74) is 0.935. The second-order valence-corrected chi connectivity index (χ2v) is 6.66. The van der Waals surface area contributed by atoms with E-state index in [1.807, 2.05) is 0 Å². The normalized spacial score (nSPS) is 11.7. The topological polar surface area (TPSA) is 38.3 Å². The average molecular weight is 295 g/mol. The standard InChI is InChI=1S/C17H26FNO2/c1-13(2)9-17(3,4)12-19-16(20)11-21-10-14-5-7-15(18)8-6-14/h5-8,13H,9-12H2,1-4H3,(H,19,20). The zero-order chi connectivity index (χ0) is 15.9.